The van der Waals surface area contributed by atoms with Gasteiger partial charge >= 0.3 is 0 Å². The number of rotatable bonds is 5. The first-order valence-corrected chi connectivity index (χ1v) is 7.12. The van der Waals surface area contributed by atoms with Gasteiger partial charge in [0.25, 0.3) is 5.91 Å². The number of carbonyl (C=O) groups is 1. The van der Waals surface area contributed by atoms with Crippen molar-refractivity contribution in [2.45, 2.75) is 13.0 Å². The van der Waals surface area contributed by atoms with Crippen LogP contribution in [0, 0.1) is 0 Å². The summed E-state index contributed by atoms with van der Waals surface area (Å²) in [5.41, 5.74) is 0.953. The van der Waals surface area contributed by atoms with E-state index in [1.54, 1.807) is 13.0 Å². The van der Waals surface area contributed by atoms with Gasteiger partial charge in [-0.05, 0) is 18.6 Å². The molecule has 5 nitrogen and oxygen atoms in total. The second kappa shape index (κ2) is 7.71. The summed E-state index contributed by atoms with van der Waals surface area (Å²) in [5, 5.41) is 6.63. The van der Waals surface area contributed by atoms with Crippen molar-refractivity contribution in [3.05, 3.63) is 42.0 Å². The third kappa shape index (κ3) is 4.24. The molecule has 21 heavy (non-hydrogen) atoms. The number of hydrazine groups is 1. The number of amides is 1. The maximum atomic E-state index is 12.4. The van der Waals surface area contributed by atoms with Crippen LogP contribution in [-0.2, 0) is 9.59 Å². The van der Waals surface area contributed by atoms with Crippen LogP contribution >= 0.6 is 0 Å². The van der Waals surface area contributed by atoms with Crippen molar-refractivity contribution >= 4 is 18.3 Å². The topological polar surface area (TPSA) is 52.7 Å². The van der Waals surface area contributed by atoms with Crippen molar-refractivity contribution in [2.24, 2.45) is 0 Å². The number of nitrogens with one attached hydrogen (secondary N) is 1. The largest absolute Gasteiger partial charge is 0.314 e. The maximum Gasteiger partial charge on any atom is 0.261 e. The number of benzene rings is 1. The minimum atomic E-state index is -0.587. The zero-order valence-corrected chi connectivity index (χ0v) is 12.2. The number of carbonyl (C=O) groups excluding carboxylic acids is 2. The van der Waals surface area contributed by atoms with Crippen LogP contribution in [0.1, 0.15) is 12.5 Å². The molecule has 1 amide bonds. The zero-order chi connectivity index (χ0) is 15.1. The van der Waals surface area contributed by atoms with E-state index < -0.39 is 6.04 Å². The first-order chi connectivity index (χ1) is 10.2. The Labute approximate surface area is 125 Å². The van der Waals surface area contributed by atoms with E-state index in [2.05, 4.69) is 5.32 Å². The van der Waals surface area contributed by atoms with Crippen LogP contribution in [0.3, 0.4) is 0 Å². The smallest absolute Gasteiger partial charge is 0.261 e. The molecule has 0 saturated carbocycles. The fourth-order valence-corrected chi connectivity index (χ4v) is 2.30. The van der Waals surface area contributed by atoms with Crippen LogP contribution in [0.2, 0.25) is 0 Å². The lowest BCUT2D eigenvalue weighted by Crippen LogP contribution is -2.57. The van der Waals surface area contributed by atoms with Gasteiger partial charge in [-0.3, -0.25) is 14.6 Å². The molecule has 0 aromatic heterocycles. The molecule has 1 atom stereocenters. The van der Waals surface area contributed by atoms with Gasteiger partial charge in [-0.1, -0.05) is 30.3 Å². The zero-order valence-electron chi connectivity index (χ0n) is 12.2. The molecule has 1 aromatic rings. The summed E-state index contributed by atoms with van der Waals surface area (Å²) in [6, 6.07) is 9.02. The minimum Gasteiger partial charge on any atom is -0.314 e. The molecule has 1 N–H and O–H groups in total. The van der Waals surface area contributed by atoms with Gasteiger partial charge in [0.1, 0.15) is 6.04 Å². The summed E-state index contributed by atoms with van der Waals surface area (Å²) in [7, 11) is 0. The number of piperazine rings is 1. The lowest BCUT2D eigenvalue weighted by Gasteiger charge is -2.38. The third-order valence-corrected chi connectivity index (χ3v) is 3.38. The summed E-state index contributed by atoms with van der Waals surface area (Å²) in [5.74, 6) is -0.198. The van der Waals surface area contributed by atoms with E-state index in [0.717, 1.165) is 18.7 Å². The van der Waals surface area contributed by atoms with Gasteiger partial charge in [0.05, 0.1) is 0 Å². The Balaban J connectivity index is 2.10. The Kier molecular flexibility index (Phi) is 5.66. The average Bonchev–Trinajstić information content (AvgIpc) is 2.55. The van der Waals surface area contributed by atoms with Crippen LogP contribution in [0.5, 0.6) is 0 Å². The van der Waals surface area contributed by atoms with Gasteiger partial charge in [0.2, 0.25) is 6.29 Å². The first kappa shape index (κ1) is 15.4. The van der Waals surface area contributed by atoms with Crippen molar-refractivity contribution in [2.75, 3.05) is 26.2 Å². The summed E-state index contributed by atoms with van der Waals surface area (Å²) in [6.45, 7) is 4.70. The molecule has 0 bridgehead atoms. The van der Waals surface area contributed by atoms with E-state index in [-0.39, 0.29) is 5.91 Å². The van der Waals surface area contributed by atoms with Crippen LogP contribution in [0.25, 0.3) is 6.08 Å². The van der Waals surface area contributed by atoms with Crippen molar-refractivity contribution < 1.29 is 9.59 Å². The lowest BCUT2D eigenvalue weighted by atomic mass is 10.2. The fraction of sp³-hybridized carbons (Fsp3) is 0.375. The Bertz CT molecular complexity index is 496. The quantitative estimate of drug-likeness (QED) is 0.815. The molecule has 1 aliphatic rings. The summed E-state index contributed by atoms with van der Waals surface area (Å²) < 4.78 is 0. The summed E-state index contributed by atoms with van der Waals surface area (Å²) in [4.78, 5) is 23.4. The van der Waals surface area contributed by atoms with Gasteiger partial charge in [0.15, 0.2) is 0 Å². The highest BCUT2D eigenvalue weighted by atomic mass is 16.2. The monoisotopic (exact) mass is 286 g/mol. The standard InChI is InChI=1S/C16H20N3O2/c1-14(13-20)19(18-11-9-17-10-12-18)16(21)8-7-15-5-3-2-4-6-15/h2-8,14,17H,9-12H2,1H3. The molecule has 111 valence electrons. The van der Waals surface area contributed by atoms with Crippen molar-refractivity contribution in [1.82, 2.24) is 15.3 Å². The van der Waals surface area contributed by atoms with Crippen LogP contribution in [-0.4, -0.2) is 54.4 Å². The van der Waals surface area contributed by atoms with E-state index >= 15 is 0 Å². The lowest BCUT2D eigenvalue weighted by molar-refractivity contribution is -0.146. The Hall–Kier alpha value is -1.98. The minimum absolute atomic E-state index is 0.198. The predicted molar refractivity (Wildman–Crippen MR) is 81.9 cm³/mol. The highest BCUT2D eigenvalue weighted by Gasteiger charge is 2.26. The van der Waals surface area contributed by atoms with Gasteiger partial charge in [-0.2, -0.15) is 0 Å². The van der Waals surface area contributed by atoms with Crippen LogP contribution in [0.15, 0.2) is 36.4 Å². The molecule has 1 aliphatic heterocycles. The molecule has 1 saturated heterocycles. The Morgan fingerprint density at radius 2 is 2.00 bits per heavy atom. The Morgan fingerprint density at radius 1 is 1.33 bits per heavy atom. The van der Waals surface area contributed by atoms with E-state index in [1.807, 2.05) is 41.6 Å². The first-order valence-electron chi connectivity index (χ1n) is 7.12. The fourth-order valence-electron chi connectivity index (χ4n) is 2.30. The van der Waals surface area contributed by atoms with E-state index in [1.165, 1.54) is 11.1 Å². The molecule has 1 aromatic carbocycles. The SMILES string of the molecule is CC([C]=O)N(C(=O)C=Cc1ccccc1)N1CCNCC1. The van der Waals surface area contributed by atoms with Crippen molar-refractivity contribution in [1.29, 1.82) is 0 Å². The maximum absolute atomic E-state index is 12.4. The van der Waals surface area contributed by atoms with Crippen molar-refractivity contribution in [3.8, 4) is 0 Å². The van der Waals surface area contributed by atoms with E-state index in [0.29, 0.717) is 13.1 Å². The molecule has 5 heteroatoms. The van der Waals surface area contributed by atoms with Gasteiger partial charge in [-0.15, -0.1) is 0 Å². The van der Waals surface area contributed by atoms with Gasteiger partial charge < -0.3 is 5.32 Å². The summed E-state index contributed by atoms with van der Waals surface area (Å²) in [6.07, 6.45) is 5.16. The molecule has 0 spiro atoms. The third-order valence-electron chi connectivity index (χ3n) is 3.38. The van der Waals surface area contributed by atoms with E-state index in [9.17, 15) is 9.59 Å². The molecule has 2 rings (SSSR count). The van der Waals surface area contributed by atoms with Crippen LogP contribution in [0.4, 0.5) is 0 Å². The molecular weight excluding hydrogens is 266 g/mol. The van der Waals surface area contributed by atoms with E-state index in [4.69, 9.17) is 0 Å². The van der Waals surface area contributed by atoms with Crippen LogP contribution < -0.4 is 5.32 Å². The highest BCUT2D eigenvalue weighted by Crippen LogP contribution is 2.08. The Morgan fingerprint density at radius 3 is 2.62 bits per heavy atom. The molecule has 1 heterocycles. The molecule has 0 aliphatic carbocycles. The number of hydrogen-bond donors (Lipinski definition) is 1. The average molecular weight is 286 g/mol. The molecular formula is C16H20N3O2. The number of hydrogen-bond acceptors (Lipinski definition) is 4. The van der Waals surface area contributed by atoms with Crippen molar-refractivity contribution in [3.63, 3.8) is 0 Å². The second-order valence-electron chi connectivity index (χ2n) is 4.92. The molecule has 1 radical (unpaired) electrons. The van der Waals surface area contributed by atoms with Gasteiger partial charge in [-0.25, -0.2) is 5.01 Å². The van der Waals surface area contributed by atoms with Gasteiger partial charge in [0, 0.05) is 32.3 Å². The summed E-state index contributed by atoms with van der Waals surface area (Å²) >= 11 is 0. The second-order valence-corrected chi connectivity index (χ2v) is 4.92. The molecule has 1 unspecified atom stereocenters. The predicted octanol–water partition coefficient (Wildman–Crippen LogP) is 0.847. The number of nitrogens with zero attached hydrogens (tertiary/aromatic N) is 2. The molecule has 1 fully saturated rings. The highest BCUT2D eigenvalue weighted by molar-refractivity contribution is 5.93. The normalized spacial score (nSPS) is 17.6.